The summed E-state index contributed by atoms with van der Waals surface area (Å²) in [6, 6.07) is 24.9. The van der Waals surface area contributed by atoms with E-state index in [0.29, 0.717) is 48.3 Å². The Balaban J connectivity index is 0.000000192. The van der Waals surface area contributed by atoms with E-state index in [4.69, 9.17) is 14.2 Å². The Bertz CT molecular complexity index is 2530. The monoisotopic (exact) mass is 869 g/mol. The van der Waals surface area contributed by atoms with Crippen LogP contribution in [0.3, 0.4) is 0 Å². The molecule has 2 fully saturated rings. The molecule has 2 aliphatic heterocycles. The van der Waals surface area contributed by atoms with Crippen LogP contribution in [0.1, 0.15) is 19.3 Å². The maximum absolute atomic E-state index is 14.3. The van der Waals surface area contributed by atoms with Crippen molar-refractivity contribution in [3.63, 3.8) is 0 Å². The van der Waals surface area contributed by atoms with Crippen molar-refractivity contribution in [1.29, 1.82) is 0 Å². The molecule has 2 aliphatic rings. The van der Waals surface area contributed by atoms with Crippen LogP contribution >= 0.6 is 0 Å². The summed E-state index contributed by atoms with van der Waals surface area (Å²) in [6.07, 6.45) is 10.6. The number of hydrogen-bond acceptors (Lipinski definition) is 14. The molecule has 5 heterocycles. The molecule has 16 nitrogen and oxygen atoms in total. The summed E-state index contributed by atoms with van der Waals surface area (Å²) in [5.41, 5.74) is 2.52. The van der Waals surface area contributed by atoms with E-state index in [0.717, 1.165) is 49.7 Å². The highest BCUT2D eigenvalue weighted by Crippen LogP contribution is 2.27. The van der Waals surface area contributed by atoms with E-state index in [1.54, 1.807) is 71.9 Å². The third kappa shape index (κ3) is 12.8. The summed E-state index contributed by atoms with van der Waals surface area (Å²) in [6.45, 7) is 9.43. The number of hydrogen-bond donors (Lipinski definition) is 5. The highest BCUT2D eigenvalue weighted by Gasteiger charge is 2.24. The molecule has 6 aromatic rings. The molecule has 64 heavy (non-hydrogen) atoms. The van der Waals surface area contributed by atoms with Crippen LogP contribution in [-0.4, -0.2) is 80.1 Å². The Labute approximate surface area is 367 Å². The second-order valence-corrected chi connectivity index (χ2v) is 14.3. The number of piperidine rings is 1. The number of nitrogens with one attached hydrogen (secondary N) is 5. The maximum Gasteiger partial charge on any atom is 0.247 e. The fourth-order valence-corrected chi connectivity index (χ4v) is 6.49. The number of halogens is 2. The number of benzene rings is 3. The van der Waals surface area contributed by atoms with Gasteiger partial charge in [0.2, 0.25) is 23.7 Å². The standard InChI is InChI=1S/C24H19FN6O2.C22H26FN5O3/c1-2-22(32)28-17-5-3-6-18(13-17)29-23-21(25)15-27-24(31-23)30-16-8-10-19(11-9-16)33-20-7-4-12-26-14-20;1-2-20(29)28-10-3-4-16(13-28)25-21-19(23)12-24-22(27-21)26-15-5-7-17(8-6-15)31-18-9-11-30-14-18/h2-15H,1H2,(H,28,32)(H2,27,29,30,31);2,5-8,12,16,18H,1,3-4,9-11,13-14H2,(H2,24,25,26,27)/t;16-,18+/m.1/s1. The van der Waals surface area contributed by atoms with Crippen LogP contribution in [0.2, 0.25) is 0 Å². The lowest BCUT2D eigenvalue weighted by Crippen LogP contribution is -2.44. The van der Waals surface area contributed by atoms with Crippen LogP contribution in [0.4, 0.5) is 55.1 Å². The summed E-state index contributed by atoms with van der Waals surface area (Å²) in [7, 11) is 0. The minimum Gasteiger partial charge on any atom is -0.488 e. The van der Waals surface area contributed by atoms with Gasteiger partial charge in [0, 0.05) is 54.5 Å². The third-order valence-electron chi connectivity index (χ3n) is 9.60. The maximum atomic E-state index is 14.3. The first-order chi connectivity index (χ1) is 31.2. The molecule has 0 spiro atoms. The zero-order valence-electron chi connectivity index (χ0n) is 34.5. The van der Waals surface area contributed by atoms with Crippen LogP contribution in [0.25, 0.3) is 0 Å². The average Bonchev–Trinajstić information content (AvgIpc) is 3.83. The number of ether oxygens (including phenoxy) is 3. The smallest absolute Gasteiger partial charge is 0.247 e. The number of aromatic nitrogens is 5. The highest BCUT2D eigenvalue weighted by molar-refractivity contribution is 5.99. The molecule has 0 aliphatic carbocycles. The minimum absolute atomic E-state index is 0.0174. The zero-order chi connectivity index (χ0) is 44.7. The fourth-order valence-electron chi connectivity index (χ4n) is 6.49. The zero-order valence-corrected chi connectivity index (χ0v) is 34.5. The first-order valence-electron chi connectivity index (χ1n) is 20.3. The Morgan fingerprint density at radius 1 is 0.750 bits per heavy atom. The summed E-state index contributed by atoms with van der Waals surface area (Å²) in [5.74, 6) is 0.971. The van der Waals surface area contributed by atoms with Gasteiger partial charge in [0.1, 0.15) is 23.4 Å². The van der Waals surface area contributed by atoms with Crippen molar-refractivity contribution < 1.29 is 32.6 Å². The Kier molecular flexibility index (Phi) is 14.9. The molecular formula is C46H45F2N11O5. The third-order valence-corrected chi connectivity index (χ3v) is 9.60. The molecule has 0 radical (unpaired) electrons. The predicted octanol–water partition coefficient (Wildman–Crippen LogP) is 8.53. The van der Waals surface area contributed by atoms with E-state index in [9.17, 15) is 18.4 Å². The van der Waals surface area contributed by atoms with Gasteiger partial charge in [0.25, 0.3) is 0 Å². The van der Waals surface area contributed by atoms with Gasteiger partial charge in [-0.3, -0.25) is 14.6 Å². The van der Waals surface area contributed by atoms with Crippen molar-refractivity contribution in [2.45, 2.75) is 31.4 Å². The van der Waals surface area contributed by atoms with E-state index in [-0.39, 0.29) is 47.5 Å². The number of pyridine rings is 1. The molecule has 5 N–H and O–H groups in total. The molecular weight excluding hydrogens is 825 g/mol. The predicted molar refractivity (Wildman–Crippen MR) is 240 cm³/mol. The fraction of sp³-hybridized carbons (Fsp3) is 0.196. The number of rotatable bonds is 15. The van der Waals surface area contributed by atoms with Gasteiger partial charge in [0.15, 0.2) is 23.3 Å². The molecule has 0 saturated carbocycles. The lowest BCUT2D eigenvalue weighted by molar-refractivity contribution is -0.127. The first-order valence-corrected chi connectivity index (χ1v) is 20.3. The lowest BCUT2D eigenvalue weighted by atomic mass is 10.1. The molecule has 2 atom stereocenters. The summed E-state index contributed by atoms with van der Waals surface area (Å²) in [4.78, 5) is 45.6. The van der Waals surface area contributed by atoms with E-state index in [1.165, 1.54) is 12.2 Å². The molecule has 2 saturated heterocycles. The lowest BCUT2D eigenvalue weighted by Gasteiger charge is -2.32. The largest absolute Gasteiger partial charge is 0.488 e. The van der Waals surface area contributed by atoms with Gasteiger partial charge in [-0.15, -0.1) is 0 Å². The van der Waals surface area contributed by atoms with Crippen molar-refractivity contribution in [3.05, 3.63) is 147 Å². The quantitative estimate of drug-likeness (QED) is 0.0618. The molecule has 8 rings (SSSR count). The molecule has 0 unspecified atom stereocenters. The van der Waals surface area contributed by atoms with Crippen molar-refractivity contribution in [1.82, 2.24) is 29.8 Å². The molecule has 18 heteroatoms. The SMILES string of the molecule is C=CC(=O)N1CCC[C@@H](Nc2nc(Nc3ccc(O[C@H]4CCOC4)cc3)ncc2F)C1.C=CC(=O)Nc1cccc(Nc2nc(Nc3ccc(Oc4cccnc4)cc3)ncc2F)c1. The van der Waals surface area contributed by atoms with Gasteiger partial charge >= 0.3 is 0 Å². The summed E-state index contributed by atoms with van der Waals surface area (Å²) >= 11 is 0. The number of carbonyl (C=O) groups is 2. The van der Waals surface area contributed by atoms with Gasteiger partial charge in [-0.1, -0.05) is 19.2 Å². The van der Waals surface area contributed by atoms with Crippen LogP contribution < -0.4 is 36.1 Å². The van der Waals surface area contributed by atoms with Crippen molar-refractivity contribution in [3.8, 4) is 17.2 Å². The number of anilines is 8. The Hall–Kier alpha value is -7.99. The highest BCUT2D eigenvalue weighted by atomic mass is 19.1. The van der Waals surface area contributed by atoms with Crippen molar-refractivity contribution in [2.24, 2.45) is 0 Å². The Morgan fingerprint density at radius 3 is 2.09 bits per heavy atom. The average molecular weight is 870 g/mol. The second-order valence-electron chi connectivity index (χ2n) is 14.3. The summed E-state index contributed by atoms with van der Waals surface area (Å²) < 4.78 is 45.5. The number of likely N-dealkylation sites (tertiary alicyclic amines) is 1. The van der Waals surface area contributed by atoms with E-state index in [2.05, 4.69) is 64.7 Å². The van der Waals surface area contributed by atoms with Gasteiger partial charge in [0.05, 0.1) is 31.8 Å². The topological polar surface area (TPSA) is 190 Å². The molecule has 2 amide bonds. The van der Waals surface area contributed by atoms with Gasteiger partial charge in [-0.2, -0.15) is 9.97 Å². The number of amides is 2. The molecule has 3 aromatic carbocycles. The summed E-state index contributed by atoms with van der Waals surface area (Å²) in [5, 5.41) is 14.8. The van der Waals surface area contributed by atoms with Gasteiger partial charge < -0.3 is 45.7 Å². The van der Waals surface area contributed by atoms with Crippen LogP contribution in [0.5, 0.6) is 17.2 Å². The van der Waals surface area contributed by atoms with E-state index in [1.807, 2.05) is 30.3 Å². The molecule has 0 bridgehead atoms. The minimum atomic E-state index is -0.624. The van der Waals surface area contributed by atoms with E-state index < -0.39 is 11.6 Å². The molecule has 3 aromatic heterocycles. The van der Waals surface area contributed by atoms with Crippen LogP contribution in [-0.2, 0) is 14.3 Å². The van der Waals surface area contributed by atoms with Crippen molar-refractivity contribution >= 4 is 58.1 Å². The normalized spacial score (nSPS) is 15.4. The van der Waals surface area contributed by atoms with Crippen LogP contribution in [0.15, 0.2) is 135 Å². The Morgan fingerprint density at radius 2 is 1.44 bits per heavy atom. The second kappa shape index (κ2) is 21.7. The molecule has 328 valence electrons. The van der Waals surface area contributed by atoms with E-state index >= 15 is 0 Å². The van der Waals surface area contributed by atoms with Crippen molar-refractivity contribution in [2.75, 3.05) is 52.9 Å². The number of carbonyl (C=O) groups excluding carboxylic acids is 2. The number of nitrogens with zero attached hydrogens (tertiary/aromatic N) is 6. The van der Waals surface area contributed by atoms with Crippen LogP contribution in [0, 0.1) is 11.6 Å². The first kappa shape index (κ1) is 44.1. The van der Waals surface area contributed by atoms with Gasteiger partial charge in [-0.05, 0) is 104 Å². The van der Waals surface area contributed by atoms with Gasteiger partial charge in [-0.25, -0.2) is 18.7 Å².